The Morgan fingerprint density at radius 2 is 1.63 bits per heavy atom. The van der Waals surface area contributed by atoms with Crippen molar-refractivity contribution in [3.05, 3.63) is 100.0 Å². The van der Waals surface area contributed by atoms with Crippen molar-refractivity contribution < 1.29 is 14.3 Å². The lowest BCUT2D eigenvalue weighted by molar-refractivity contribution is -0.121. The van der Waals surface area contributed by atoms with Gasteiger partial charge in [-0.15, -0.1) is 0 Å². The van der Waals surface area contributed by atoms with E-state index in [-0.39, 0.29) is 11.5 Å². The number of aromatic nitrogens is 3. The Morgan fingerprint density at radius 1 is 0.971 bits per heavy atom. The van der Waals surface area contributed by atoms with Crippen LogP contribution in [0, 0.1) is 13.8 Å². The standard InChI is InChI=1S/C27H29N5O3/c1-18-23(19(2)32-27(31-18)24(15-30-32)26(28)34)12-13-25(33)29-14-20-8-10-22(11-9-20)17-35-16-21-6-4-3-5-7-21/h3-11,15H,12-14,16-17H2,1-2H3,(H2,28,34)(H,29,33). The van der Waals surface area contributed by atoms with Crippen LogP contribution in [0.1, 0.15) is 50.4 Å². The Bertz CT molecular complexity index is 1330. The molecule has 0 spiro atoms. The summed E-state index contributed by atoms with van der Waals surface area (Å²) in [5, 5.41) is 7.20. The van der Waals surface area contributed by atoms with Crippen molar-refractivity contribution in [1.82, 2.24) is 19.9 Å². The molecule has 0 bridgehead atoms. The van der Waals surface area contributed by atoms with Crippen LogP contribution in [-0.2, 0) is 35.7 Å². The number of fused-ring (bicyclic) bond motifs is 1. The fourth-order valence-corrected chi connectivity index (χ4v) is 3.99. The summed E-state index contributed by atoms with van der Waals surface area (Å²) < 4.78 is 7.38. The smallest absolute Gasteiger partial charge is 0.254 e. The lowest BCUT2D eigenvalue weighted by Gasteiger charge is -2.12. The number of primary amides is 1. The quantitative estimate of drug-likeness (QED) is 0.368. The summed E-state index contributed by atoms with van der Waals surface area (Å²) >= 11 is 0. The van der Waals surface area contributed by atoms with Gasteiger partial charge in [0.05, 0.1) is 19.4 Å². The predicted molar refractivity (Wildman–Crippen MR) is 133 cm³/mol. The van der Waals surface area contributed by atoms with Crippen molar-refractivity contribution in [1.29, 1.82) is 0 Å². The van der Waals surface area contributed by atoms with E-state index in [9.17, 15) is 9.59 Å². The molecule has 0 aliphatic rings. The normalized spacial score (nSPS) is 11.0. The van der Waals surface area contributed by atoms with Crippen LogP contribution in [0.2, 0.25) is 0 Å². The van der Waals surface area contributed by atoms with Crippen molar-refractivity contribution in [3.63, 3.8) is 0 Å². The number of carbonyl (C=O) groups excluding carboxylic acids is 2. The van der Waals surface area contributed by atoms with Gasteiger partial charge in [0, 0.05) is 24.4 Å². The van der Waals surface area contributed by atoms with Gasteiger partial charge in [-0.2, -0.15) is 5.10 Å². The van der Waals surface area contributed by atoms with Gasteiger partial charge in [0.15, 0.2) is 5.65 Å². The maximum Gasteiger partial charge on any atom is 0.254 e. The van der Waals surface area contributed by atoms with Crippen molar-refractivity contribution >= 4 is 17.5 Å². The maximum absolute atomic E-state index is 12.5. The first kappa shape index (κ1) is 24.1. The molecule has 2 heterocycles. The van der Waals surface area contributed by atoms with Crippen LogP contribution < -0.4 is 11.1 Å². The molecule has 2 aromatic carbocycles. The summed E-state index contributed by atoms with van der Waals surface area (Å²) in [4.78, 5) is 28.5. The van der Waals surface area contributed by atoms with Crippen molar-refractivity contribution in [2.75, 3.05) is 0 Å². The topological polar surface area (TPSA) is 112 Å². The minimum absolute atomic E-state index is 0.0440. The predicted octanol–water partition coefficient (Wildman–Crippen LogP) is 3.41. The Hall–Kier alpha value is -4.04. The highest BCUT2D eigenvalue weighted by atomic mass is 16.5. The SMILES string of the molecule is Cc1nc2c(C(N)=O)cnn2c(C)c1CCC(=O)NCc1ccc(COCc2ccccc2)cc1. The van der Waals surface area contributed by atoms with Crippen molar-refractivity contribution in [2.24, 2.45) is 5.73 Å². The molecule has 8 heteroatoms. The van der Waals surface area contributed by atoms with Gasteiger partial charge in [0.1, 0.15) is 5.56 Å². The molecule has 180 valence electrons. The summed E-state index contributed by atoms with van der Waals surface area (Å²) in [6.45, 7) is 5.34. The number of carbonyl (C=O) groups is 2. The number of rotatable bonds is 10. The summed E-state index contributed by atoms with van der Waals surface area (Å²) in [5.74, 6) is -0.608. The highest BCUT2D eigenvalue weighted by Gasteiger charge is 2.17. The van der Waals surface area contributed by atoms with Gasteiger partial charge < -0.3 is 15.8 Å². The molecule has 0 fully saturated rings. The second-order valence-corrected chi connectivity index (χ2v) is 8.49. The number of hydrogen-bond donors (Lipinski definition) is 2. The van der Waals surface area contributed by atoms with Crippen molar-refractivity contribution in [2.45, 2.75) is 46.4 Å². The minimum Gasteiger partial charge on any atom is -0.372 e. The first-order valence-electron chi connectivity index (χ1n) is 11.5. The zero-order valence-electron chi connectivity index (χ0n) is 20.0. The number of nitrogens with one attached hydrogen (secondary N) is 1. The molecule has 0 unspecified atom stereocenters. The average molecular weight is 472 g/mol. The highest BCUT2D eigenvalue weighted by Crippen LogP contribution is 2.18. The van der Waals surface area contributed by atoms with Crippen molar-refractivity contribution in [3.8, 4) is 0 Å². The first-order chi connectivity index (χ1) is 16.9. The van der Waals surface area contributed by atoms with Crippen LogP contribution in [0.3, 0.4) is 0 Å². The molecule has 0 saturated carbocycles. The Labute approximate surface area is 204 Å². The third kappa shape index (κ3) is 5.91. The molecule has 0 atom stereocenters. The fraction of sp³-hybridized carbons (Fsp3) is 0.259. The number of benzene rings is 2. The van der Waals surface area contributed by atoms with E-state index < -0.39 is 5.91 Å². The summed E-state index contributed by atoms with van der Waals surface area (Å²) in [6.07, 6.45) is 2.27. The molecule has 0 radical (unpaired) electrons. The maximum atomic E-state index is 12.5. The van der Waals surface area contributed by atoms with Gasteiger partial charge >= 0.3 is 0 Å². The number of nitrogens with two attached hydrogens (primary N) is 1. The van der Waals surface area contributed by atoms with Crippen LogP contribution >= 0.6 is 0 Å². The number of ether oxygens (including phenoxy) is 1. The number of amides is 2. The monoisotopic (exact) mass is 471 g/mol. The molecule has 0 aliphatic carbocycles. The second kappa shape index (κ2) is 10.9. The number of aryl methyl sites for hydroxylation is 2. The second-order valence-electron chi connectivity index (χ2n) is 8.49. The third-order valence-electron chi connectivity index (χ3n) is 5.97. The molecule has 2 amide bonds. The van der Waals surface area contributed by atoms with Gasteiger partial charge in [0.25, 0.3) is 5.91 Å². The zero-order chi connectivity index (χ0) is 24.8. The molecule has 35 heavy (non-hydrogen) atoms. The summed E-state index contributed by atoms with van der Waals surface area (Å²) in [7, 11) is 0. The van der Waals surface area contributed by atoms with Gasteiger partial charge in [-0.3, -0.25) is 9.59 Å². The van der Waals surface area contributed by atoms with E-state index in [1.807, 2.05) is 68.4 Å². The molecular formula is C27H29N5O3. The molecule has 8 nitrogen and oxygen atoms in total. The summed E-state index contributed by atoms with van der Waals surface area (Å²) in [6, 6.07) is 18.1. The average Bonchev–Trinajstić information content (AvgIpc) is 3.28. The van der Waals surface area contributed by atoms with Crippen LogP contribution in [0.4, 0.5) is 0 Å². The van der Waals surface area contributed by atoms with E-state index in [4.69, 9.17) is 10.5 Å². The van der Waals surface area contributed by atoms with E-state index in [1.54, 1.807) is 4.52 Å². The molecule has 3 N–H and O–H groups in total. The fourth-order valence-electron chi connectivity index (χ4n) is 3.99. The third-order valence-corrected chi connectivity index (χ3v) is 5.97. The molecule has 0 aliphatic heterocycles. The minimum atomic E-state index is -0.564. The largest absolute Gasteiger partial charge is 0.372 e. The van der Waals surface area contributed by atoms with Crippen LogP contribution in [0.5, 0.6) is 0 Å². The van der Waals surface area contributed by atoms with E-state index >= 15 is 0 Å². The zero-order valence-corrected chi connectivity index (χ0v) is 20.0. The van der Waals surface area contributed by atoms with Gasteiger partial charge in [0.2, 0.25) is 5.91 Å². The lowest BCUT2D eigenvalue weighted by Crippen LogP contribution is -2.23. The van der Waals surface area contributed by atoms with Gasteiger partial charge in [-0.05, 0) is 42.5 Å². The highest BCUT2D eigenvalue weighted by molar-refractivity contribution is 5.98. The van der Waals surface area contributed by atoms with Crippen LogP contribution in [0.25, 0.3) is 5.65 Å². The van der Waals surface area contributed by atoms with Crippen LogP contribution in [0.15, 0.2) is 60.8 Å². The Morgan fingerprint density at radius 3 is 2.31 bits per heavy atom. The van der Waals surface area contributed by atoms with E-state index in [1.165, 1.54) is 6.20 Å². The van der Waals surface area contributed by atoms with Gasteiger partial charge in [-0.1, -0.05) is 54.6 Å². The molecular weight excluding hydrogens is 442 g/mol. The Kier molecular flexibility index (Phi) is 7.52. The first-order valence-corrected chi connectivity index (χ1v) is 11.5. The van der Waals surface area contributed by atoms with E-state index in [0.29, 0.717) is 38.2 Å². The Balaban J connectivity index is 1.26. The summed E-state index contributed by atoms with van der Waals surface area (Å²) in [5.41, 5.74) is 11.9. The molecule has 4 aromatic rings. The van der Waals surface area contributed by atoms with E-state index in [0.717, 1.165) is 33.6 Å². The van der Waals surface area contributed by atoms with Crippen LogP contribution in [-0.4, -0.2) is 26.4 Å². The van der Waals surface area contributed by atoms with E-state index in [2.05, 4.69) is 15.4 Å². The molecule has 2 aromatic heterocycles. The molecule has 4 rings (SSSR count). The van der Waals surface area contributed by atoms with Gasteiger partial charge in [-0.25, -0.2) is 9.50 Å². The molecule has 0 saturated heterocycles. The number of nitrogens with zero attached hydrogens (tertiary/aromatic N) is 3. The number of hydrogen-bond acceptors (Lipinski definition) is 5. The lowest BCUT2D eigenvalue weighted by atomic mass is 10.1.